The van der Waals surface area contributed by atoms with Crippen molar-refractivity contribution in [2.75, 3.05) is 6.54 Å². The van der Waals surface area contributed by atoms with Crippen LogP contribution in [0.4, 0.5) is 0 Å². The lowest BCUT2D eigenvalue weighted by Gasteiger charge is -2.27. The molecule has 94 valence electrons. The predicted octanol–water partition coefficient (Wildman–Crippen LogP) is 3.69. The number of carbonyl (C=O) groups excluding carboxylic acids is 1. The van der Waals surface area contributed by atoms with Crippen molar-refractivity contribution in [1.82, 2.24) is 4.90 Å². The highest BCUT2D eigenvalue weighted by Crippen LogP contribution is 2.13. The first-order chi connectivity index (χ1) is 8.13. The lowest BCUT2D eigenvalue weighted by atomic mass is 10.1. The third-order valence-electron chi connectivity index (χ3n) is 3.05. The Hall–Kier alpha value is -1.02. The van der Waals surface area contributed by atoms with Gasteiger partial charge in [-0.2, -0.15) is 0 Å². The van der Waals surface area contributed by atoms with E-state index in [0.29, 0.717) is 5.88 Å². The molecule has 0 aliphatic heterocycles. The van der Waals surface area contributed by atoms with E-state index in [1.54, 1.807) is 0 Å². The van der Waals surface area contributed by atoms with Crippen LogP contribution in [-0.2, 0) is 5.88 Å². The molecule has 1 aromatic carbocycles. The van der Waals surface area contributed by atoms with Gasteiger partial charge < -0.3 is 4.90 Å². The summed E-state index contributed by atoms with van der Waals surface area (Å²) in [5.74, 6) is 0.533. The van der Waals surface area contributed by atoms with E-state index in [1.807, 2.05) is 36.1 Å². The van der Waals surface area contributed by atoms with Crippen LogP contribution >= 0.6 is 11.6 Å². The molecule has 0 aromatic heterocycles. The Balaban J connectivity index is 2.93. The van der Waals surface area contributed by atoms with Gasteiger partial charge in [-0.05, 0) is 38.0 Å². The van der Waals surface area contributed by atoms with Crippen molar-refractivity contribution in [2.45, 2.75) is 39.1 Å². The number of alkyl halides is 1. The Morgan fingerprint density at radius 2 is 2.12 bits per heavy atom. The van der Waals surface area contributed by atoms with Gasteiger partial charge in [-0.25, -0.2) is 0 Å². The van der Waals surface area contributed by atoms with Gasteiger partial charge in [0, 0.05) is 24.0 Å². The summed E-state index contributed by atoms with van der Waals surface area (Å²) < 4.78 is 0. The monoisotopic (exact) mass is 253 g/mol. The lowest BCUT2D eigenvalue weighted by Crippen LogP contribution is -2.38. The zero-order valence-electron chi connectivity index (χ0n) is 10.7. The summed E-state index contributed by atoms with van der Waals surface area (Å²) in [4.78, 5) is 14.2. The predicted molar refractivity (Wildman–Crippen MR) is 72.5 cm³/mol. The molecule has 1 rings (SSSR count). The molecule has 0 aliphatic rings. The summed E-state index contributed by atoms with van der Waals surface area (Å²) in [5, 5.41) is 0. The van der Waals surface area contributed by atoms with E-state index in [9.17, 15) is 4.79 Å². The highest BCUT2D eigenvalue weighted by molar-refractivity contribution is 6.17. The highest BCUT2D eigenvalue weighted by atomic mass is 35.5. The smallest absolute Gasteiger partial charge is 0.254 e. The van der Waals surface area contributed by atoms with E-state index in [0.717, 1.165) is 24.1 Å². The Kier molecular flexibility index (Phi) is 5.49. The second-order valence-corrected chi connectivity index (χ2v) is 4.45. The molecule has 2 nitrogen and oxygen atoms in total. The second-order valence-electron chi connectivity index (χ2n) is 4.18. The van der Waals surface area contributed by atoms with Gasteiger partial charge in [0.15, 0.2) is 0 Å². The Bertz CT molecular complexity index is 378. The lowest BCUT2D eigenvalue weighted by molar-refractivity contribution is 0.0700. The SMILES string of the molecule is CCC(C)N(CC)C(=O)c1cccc(CCl)c1. The molecule has 0 saturated heterocycles. The van der Waals surface area contributed by atoms with Gasteiger partial charge >= 0.3 is 0 Å². The van der Waals surface area contributed by atoms with Gasteiger partial charge in [-0.15, -0.1) is 11.6 Å². The van der Waals surface area contributed by atoms with Gasteiger partial charge in [-0.3, -0.25) is 4.79 Å². The van der Waals surface area contributed by atoms with E-state index in [1.165, 1.54) is 0 Å². The average molecular weight is 254 g/mol. The van der Waals surface area contributed by atoms with Crippen LogP contribution in [0.25, 0.3) is 0 Å². The van der Waals surface area contributed by atoms with Crippen molar-refractivity contribution in [1.29, 1.82) is 0 Å². The minimum atomic E-state index is 0.0915. The summed E-state index contributed by atoms with van der Waals surface area (Å²) in [6.07, 6.45) is 0.967. The average Bonchev–Trinajstić information content (AvgIpc) is 2.39. The summed E-state index contributed by atoms with van der Waals surface area (Å²) in [6, 6.07) is 7.81. The van der Waals surface area contributed by atoms with Crippen LogP contribution in [0.15, 0.2) is 24.3 Å². The number of hydrogen-bond acceptors (Lipinski definition) is 1. The molecule has 0 aliphatic carbocycles. The van der Waals surface area contributed by atoms with Crippen LogP contribution in [0, 0.1) is 0 Å². The van der Waals surface area contributed by atoms with Crippen molar-refractivity contribution in [3.05, 3.63) is 35.4 Å². The zero-order valence-corrected chi connectivity index (χ0v) is 11.5. The van der Waals surface area contributed by atoms with Crippen LogP contribution in [0.5, 0.6) is 0 Å². The molecule has 1 amide bonds. The van der Waals surface area contributed by atoms with Crippen molar-refractivity contribution in [2.24, 2.45) is 0 Å². The Morgan fingerprint density at radius 3 is 2.65 bits per heavy atom. The van der Waals surface area contributed by atoms with Crippen LogP contribution in [0.2, 0.25) is 0 Å². The molecule has 1 atom stereocenters. The third kappa shape index (κ3) is 3.47. The van der Waals surface area contributed by atoms with E-state index in [2.05, 4.69) is 13.8 Å². The van der Waals surface area contributed by atoms with Crippen molar-refractivity contribution >= 4 is 17.5 Å². The number of hydrogen-bond donors (Lipinski definition) is 0. The van der Waals surface area contributed by atoms with Gasteiger partial charge in [0.25, 0.3) is 5.91 Å². The maximum absolute atomic E-state index is 12.3. The molecule has 0 heterocycles. The summed E-state index contributed by atoms with van der Waals surface area (Å²) >= 11 is 5.78. The van der Waals surface area contributed by atoms with E-state index in [-0.39, 0.29) is 11.9 Å². The Labute approximate surface area is 109 Å². The largest absolute Gasteiger partial charge is 0.336 e. The Morgan fingerprint density at radius 1 is 1.41 bits per heavy atom. The van der Waals surface area contributed by atoms with Crippen LogP contribution < -0.4 is 0 Å². The van der Waals surface area contributed by atoms with E-state index < -0.39 is 0 Å². The van der Waals surface area contributed by atoms with Crippen LogP contribution in [0.1, 0.15) is 43.1 Å². The minimum Gasteiger partial charge on any atom is -0.336 e. The maximum atomic E-state index is 12.3. The number of rotatable bonds is 5. The molecule has 0 radical (unpaired) electrons. The summed E-state index contributed by atoms with van der Waals surface area (Å²) in [5.41, 5.74) is 1.71. The van der Waals surface area contributed by atoms with Crippen LogP contribution in [0.3, 0.4) is 0 Å². The topological polar surface area (TPSA) is 20.3 Å². The first-order valence-electron chi connectivity index (χ1n) is 6.09. The molecule has 1 unspecified atom stereocenters. The fraction of sp³-hybridized carbons (Fsp3) is 0.500. The molecule has 17 heavy (non-hydrogen) atoms. The summed E-state index contributed by atoms with van der Waals surface area (Å²) in [6.45, 7) is 6.91. The van der Waals surface area contributed by atoms with Gasteiger partial charge in [0.05, 0.1) is 0 Å². The van der Waals surface area contributed by atoms with Crippen molar-refractivity contribution in [3.63, 3.8) is 0 Å². The third-order valence-corrected chi connectivity index (χ3v) is 3.36. The molecular weight excluding hydrogens is 234 g/mol. The van der Waals surface area contributed by atoms with Gasteiger partial charge in [0.2, 0.25) is 0 Å². The van der Waals surface area contributed by atoms with Gasteiger partial charge in [-0.1, -0.05) is 19.1 Å². The maximum Gasteiger partial charge on any atom is 0.254 e. The molecule has 3 heteroatoms. The number of amides is 1. The number of halogens is 1. The molecule has 0 fully saturated rings. The molecule has 0 saturated carbocycles. The first-order valence-corrected chi connectivity index (χ1v) is 6.63. The van der Waals surface area contributed by atoms with E-state index >= 15 is 0 Å². The normalized spacial score (nSPS) is 12.2. The van der Waals surface area contributed by atoms with Crippen molar-refractivity contribution in [3.8, 4) is 0 Å². The van der Waals surface area contributed by atoms with Crippen molar-refractivity contribution < 1.29 is 4.79 Å². The zero-order chi connectivity index (χ0) is 12.8. The molecule has 0 N–H and O–H groups in total. The minimum absolute atomic E-state index is 0.0915. The second kappa shape index (κ2) is 6.65. The fourth-order valence-corrected chi connectivity index (χ4v) is 2.00. The molecule has 1 aromatic rings. The quantitative estimate of drug-likeness (QED) is 0.733. The van der Waals surface area contributed by atoms with Gasteiger partial charge in [0.1, 0.15) is 0 Å². The number of carbonyl (C=O) groups is 1. The number of nitrogens with zero attached hydrogens (tertiary/aromatic N) is 1. The first kappa shape index (κ1) is 14.0. The fourth-order valence-electron chi connectivity index (χ4n) is 1.83. The number of benzene rings is 1. The van der Waals surface area contributed by atoms with E-state index in [4.69, 9.17) is 11.6 Å². The molecular formula is C14H20ClNO. The molecule has 0 spiro atoms. The standard InChI is InChI=1S/C14H20ClNO/c1-4-11(3)16(5-2)14(17)13-8-6-7-12(9-13)10-15/h6-9,11H,4-5,10H2,1-3H3. The van der Waals surface area contributed by atoms with Crippen LogP contribution in [-0.4, -0.2) is 23.4 Å². The highest BCUT2D eigenvalue weighted by Gasteiger charge is 2.18. The summed E-state index contributed by atoms with van der Waals surface area (Å²) in [7, 11) is 0. The molecule has 0 bridgehead atoms.